The maximum Gasteiger partial charge on any atom is 0.204 e. The molecule has 36 heavy (non-hydrogen) atoms. The molecular weight excluding hydrogens is 460 g/mol. The Morgan fingerprint density at radius 2 is 0.917 bits per heavy atom. The Bertz CT molecular complexity index is 1130. The molecule has 6 rings (SSSR count). The smallest absolute Gasteiger partial charge is 0.204 e. The van der Waals surface area contributed by atoms with Crippen LogP contribution < -0.4 is 10.0 Å². The second-order valence-electron chi connectivity index (χ2n) is 8.65. The molecule has 188 valence electrons. The van der Waals surface area contributed by atoms with Gasteiger partial charge in [-0.15, -0.1) is 19.8 Å². The van der Waals surface area contributed by atoms with E-state index in [4.69, 9.17) is 9.47 Å². The Labute approximate surface area is 209 Å². The second kappa shape index (κ2) is 11.2. The fourth-order valence-electron chi connectivity index (χ4n) is 3.98. The summed E-state index contributed by atoms with van der Waals surface area (Å²) in [6.45, 7) is 10.2. The predicted octanol–water partition coefficient (Wildman–Crippen LogP) is 1.23. The highest BCUT2D eigenvalue weighted by Crippen LogP contribution is 2.18. The van der Waals surface area contributed by atoms with E-state index >= 15 is 0 Å². The summed E-state index contributed by atoms with van der Waals surface area (Å²) in [5, 5.41) is 28.1. The molecule has 0 atom stereocenters. The summed E-state index contributed by atoms with van der Waals surface area (Å²) in [6, 6.07) is 16.4. The number of ether oxygens (including phenoxy) is 2. The minimum absolute atomic E-state index is 0.715. The molecule has 2 aliphatic rings. The largest absolute Gasteiger partial charge is 0.378 e. The fraction of sp³-hybridized carbons (Fsp3) is 0.417. The Morgan fingerprint density at radius 1 is 0.556 bits per heavy atom. The van der Waals surface area contributed by atoms with Gasteiger partial charge in [0.15, 0.2) is 0 Å². The van der Waals surface area contributed by atoms with E-state index in [1.807, 2.05) is 24.3 Å². The highest BCUT2D eigenvalue weighted by Gasteiger charge is 2.18. The van der Waals surface area contributed by atoms with E-state index in [1.165, 1.54) is 11.1 Å². The third-order valence-corrected chi connectivity index (χ3v) is 6.04. The van der Waals surface area contributed by atoms with Crippen LogP contribution >= 0.6 is 0 Å². The molecule has 4 aromatic rings. The van der Waals surface area contributed by atoms with E-state index in [-0.39, 0.29) is 0 Å². The van der Waals surface area contributed by atoms with Crippen molar-refractivity contribution in [2.45, 2.75) is 13.8 Å². The second-order valence-corrected chi connectivity index (χ2v) is 8.65. The Hall–Kier alpha value is -3.90. The molecule has 12 nitrogen and oxygen atoms in total. The van der Waals surface area contributed by atoms with Gasteiger partial charge in [0.05, 0.1) is 52.6 Å². The molecule has 0 radical (unpaired) electrons. The Kier molecular flexibility index (Phi) is 7.43. The number of hydrogen-bond donors (Lipinski definition) is 0. The van der Waals surface area contributed by atoms with Crippen molar-refractivity contribution in [3.63, 3.8) is 0 Å². The molecule has 0 saturated carbocycles. The molecule has 0 amide bonds. The van der Waals surface area contributed by atoms with Gasteiger partial charge in [0, 0.05) is 11.1 Å². The minimum Gasteiger partial charge on any atom is -0.378 e. The zero-order valence-corrected chi connectivity index (χ0v) is 20.6. The number of hydrogen-bond acceptors (Lipinski definition) is 10. The van der Waals surface area contributed by atoms with E-state index in [0.717, 1.165) is 49.0 Å². The highest BCUT2D eigenvalue weighted by molar-refractivity contribution is 5.56. The van der Waals surface area contributed by atoms with E-state index in [0.29, 0.717) is 26.4 Å². The SMILES string of the molecule is Cc1ccc(-c2nnnn2N2CCOCC2)cc1.Cc1ccc(-c2nnnn2N2CCOCC2)cc1. The molecule has 0 aliphatic carbocycles. The summed E-state index contributed by atoms with van der Waals surface area (Å²) in [4.78, 5) is 3.54. The number of nitrogens with zero attached hydrogens (tertiary/aromatic N) is 10. The predicted molar refractivity (Wildman–Crippen MR) is 134 cm³/mol. The third-order valence-electron chi connectivity index (χ3n) is 6.04. The highest BCUT2D eigenvalue weighted by atomic mass is 16.5. The molecule has 4 heterocycles. The maximum absolute atomic E-state index is 5.34. The normalized spacial score (nSPS) is 15.9. The van der Waals surface area contributed by atoms with Gasteiger partial charge in [-0.1, -0.05) is 59.7 Å². The van der Waals surface area contributed by atoms with Crippen LogP contribution in [0, 0.1) is 13.8 Å². The molecule has 2 aliphatic heterocycles. The lowest BCUT2D eigenvalue weighted by Crippen LogP contribution is -2.45. The molecular formula is C24H30N10O2. The van der Waals surface area contributed by atoms with Gasteiger partial charge in [-0.25, -0.2) is 0 Å². The van der Waals surface area contributed by atoms with Crippen LogP contribution in [-0.4, -0.2) is 93.2 Å². The van der Waals surface area contributed by atoms with Crippen molar-refractivity contribution in [2.75, 3.05) is 62.6 Å². The first-order valence-corrected chi connectivity index (χ1v) is 12.1. The third kappa shape index (κ3) is 5.50. The lowest BCUT2D eigenvalue weighted by atomic mass is 10.1. The summed E-state index contributed by atoms with van der Waals surface area (Å²) in [7, 11) is 0. The first kappa shape index (κ1) is 23.8. The van der Waals surface area contributed by atoms with E-state index in [2.05, 4.69) is 79.2 Å². The number of aryl methyl sites for hydroxylation is 2. The van der Waals surface area contributed by atoms with Crippen molar-refractivity contribution in [1.82, 2.24) is 40.6 Å². The zero-order valence-electron chi connectivity index (χ0n) is 20.6. The zero-order chi connectivity index (χ0) is 24.7. The molecule has 0 N–H and O–H groups in total. The first-order chi connectivity index (χ1) is 17.7. The van der Waals surface area contributed by atoms with Crippen molar-refractivity contribution < 1.29 is 9.47 Å². The molecule has 2 fully saturated rings. The van der Waals surface area contributed by atoms with Gasteiger partial charge >= 0.3 is 0 Å². The number of benzene rings is 2. The summed E-state index contributed by atoms with van der Waals surface area (Å²) in [6.07, 6.45) is 0. The van der Waals surface area contributed by atoms with Crippen LogP contribution in [0.15, 0.2) is 48.5 Å². The van der Waals surface area contributed by atoms with Crippen molar-refractivity contribution >= 4 is 0 Å². The summed E-state index contributed by atoms with van der Waals surface area (Å²) >= 11 is 0. The maximum atomic E-state index is 5.34. The Balaban J connectivity index is 0.000000148. The minimum atomic E-state index is 0.715. The monoisotopic (exact) mass is 490 g/mol. The van der Waals surface area contributed by atoms with Gasteiger partial charge < -0.3 is 9.47 Å². The van der Waals surface area contributed by atoms with Gasteiger partial charge in [-0.05, 0) is 34.7 Å². The van der Waals surface area contributed by atoms with Crippen LogP contribution in [0.1, 0.15) is 11.1 Å². The van der Waals surface area contributed by atoms with Gasteiger partial charge in [-0.2, -0.15) is 0 Å². The fourth-order valence-corrected chi connectivity index (χ4v) is 3.98. The summed E-state index contributed by atoms with van der Waals surface area (Å²) < 4.78 is 10.7. The molecule has 0 bridgehead atoms. The Morgan fingerprint density at radius 3 is 1.28 bits per heavy atom. The molecule has 12 heteroatoms. The number of aromatic nitrogens is 8. The molecule has 2 aromatic carbocycles. The standard InChI is InChI=1S/2C12H15N5O/c2*1-10-2-4-11(5-3-10)12-13-14-15-17(12)16-6-8-18-9-7-16/h2*2-5H,6-9H2,1H3. The number of tetrazole rings is 2. The average Bonchev–Trinajstić information content (AvgIpc) is 3.62. The average molecular weight is 491 g/mol. The molecule has 2 aromatic heterocycles. The molecule has 0 spiro atoms. The van der Waals surface area contributed by atoms with Crippen molar-refractivity contribution in [3.05, 3.63) is 59.7 Å². The van der Waals surface area contributed by atoms with Crippen LogP contribution in [0.4, 0.5) is 0 Å². The van der Waals surface area contributed by atoms with Gasteiger partial charge in [0.2, 0.25) is 11.6 Å². The first-order valence-electron chi connectivity index (χ1n) is 12.1. The summed E-state index contributed by atoms with van der Waals surface area (Å²) in [5.41, 5.74) is 4.50. The van der Waals surface area contributed by atoms with Crippen LogP contribution in [0.25, 0.3) is 22.8 Å². The van der Waals surface area contributed by atoms with E-state index in [9.17, 15) is 0 Å². The quantitative estimate of drug-likeness (QED) is 0.414. The van der Waals surface area contributed by atoms with Crippen molar-refractivity contribution in [1.29, 1.82) is 0 Å². The number of rotatable bonds is 4. The van der Waals surface area contributed by atoms with Crippen LogP contribution in [0.3, 0.4) is 0 Å². The van der Waals surface area contributed by atoms with Crippen molar-refractivity contribution in [3.8, 4) is 22.8 Å². The summed E-state index contributed by atoms with van der Waals surface area (Å²) in [5.74, 6) is 1.55. The van der Waals surface area contributed by atoms with E-state index in [1.54, 1.807) is 9.58 Å². The van der Waals surface area contributed by atoms with E-state index < -0.39 is 0 Å². The van der Waals surface area contributed by atoms with Crippen LogP contribution in [-0.2, 0) is 9.47 Å². The van der Waals surface area contributed by atoms with Crippen LogP contribution in [0.5, 0.6) is 0 Å². The lowest BCUT2D eigenvalue weighted by Gasteiger charge is -2.28. The number of morpholine rings is 2. The van der Waals surface area contributed by atoms with Gasteiger partial charge in [-0.3, -0.25) is 10.0 Å². The van der Waals surface area contributed by atoms with Gasteiger partial charge in [0.25, 0.3) is 0 Å². The van der Waals surface area contributed by atoms with Crippen LogP contribution in [0.2, 0.25) is 0 Å². The molecule has 2 saturated heterocycles. The molecule has 0 unspecified atom stereocenters. The van der Waals surface area contributed by atoms with Crippen molar-refractivity contribution in [2.24, 2.45) is 0 Å². The topological polar surface area (TPSA) is 112 Å². The lowest BCUT2D eigenvalue weighted by molar-refractivity contribution is 0.109. The van der Waals surface area contributed by atoms with Gasteiger partial charge in [0.1, 0.15) is 0 Å².